The van der Waals surface area contributed by atoms with Crippen LogP contribution in [-0.4, -0.2) is 35.0 Å². The predicted octanol–water partition coefficient (Wildman–Crippen LogP) is 0.0246. The number of carboxylic acids is 1. The fraction of sp³-hybridized carbons (Fsp3) is 0.750. The van der Waals surface area contributed by atoms with E-state index in [0.717, 1.165) is 12.8 Å². The molecule has 1 saturated heterocycles. The standard InChI is InChI=1S/C12H18N2O4/c15-10-5-4-9(14-10)11(16)13-8-3-1-2-7(6-8)12(17)18/h7-9H,1-6H2,(H,13,16)(H,14,15)(H,17,18)/t7?,8?,9-/m1/s1. The van der Waals surface area contributed by atoms with Crippen molar-refractivity contribution in [2.75, 3.05) is 0 Å². The van der Waals surface area contributed by atoms with E-state index in [1.54, 1.807) is 0 Å². The van der Waals surface area contributed by atoms with E-state index in [0.29, 0.717) is 25.7 Å². The first-order valence-corrected chi connectivity index (χ1v) is 6.39. The topological polar surface area (TPSA) is 95.5 Å². The average Bonchev–Trinajstić information content (AvgIpc) is 2.76. The minimum atomic E-state index is -0.789. The summed E-state index contributed by atoms with van der Waals surface area (Å²) in [6.07, 6.45) is 3.72. The highest BCUT2D eigenvalue weighted by atomic mass is 16.4. The molecule has 0 radical (unpaired) electrons. The summed E-state index contributed by atoms with van der Waals surface area (Å²) in [5.41, 5.74) is 0. The van der Waals surface area contributed by atoms with Crippen molar-refractivity contribution in [2.24, 2.45) is 5.92 Å². The van der Waals surface area contributed by atoms with E-state index in [9.17, 15) is 14.4 Å². The number of hydrogen-bond acceptors (Lipinski definition) is 3. The maximum atomic E-state index is 11.9. The highest BCUT2D eigenvalue weighted by Crippen LogP contribution is 2.24. The second-order valence-electron chi connectivity index (χ2n) is 5.07. The molecule has 1 aliphatic carbocycles. The van der Waals surface area contributed by atoms with Crippen molar-refractivity contribution in [1.29, 1.82) is 0 Å². The van der Waals surface area contributed by atoms with Gasteiger partial charge in [-0.1, -0.05) is 6.42 Å². The lowest BCUT2D eigenvalue weighted by molar-refractivity contribution is -0.143. The number of carbonyl (C=O) groups excluding carboxylic acids is 2. The Morgan fingerprint density at radius 2 is 2.06 bits per heavy atom. The van der Waals surface area contributed by atoms with Gasteiger partial charge in [-0.25, -0.2) is 0 Å². The van der Waals surface area contributed by atoms with E-state index in [1.807, 2.05) is 0 Å². The molecule has 0 aromatic carbocycles. The average molecular weight is 254 g/mol. The molecule has 1 saturated carbocycles. The lowest BCUT2D eigenvalue weighted by atomic mass is 9.85. The van der Waals surface area contributed by atoms with E-state index in [1.165, 1.54) is 0 Å². The van der Waals surface area contributed by atoms with Crippen molar-refractivity contribution >= 4 is 17.8 Å². The first-order valence-electron chi connectivity index (χ1n) is 6.39. The van der Waals surface area contributed by atoms with Gasteiger partial charge in [-0.2, -0.15) is 0 Å². The van der Waals surface area contributed by atoms with Crippen LogP contribution >= 0.6 is 0 Å². The van der Waals surface area contributed by atoms with E-state index in [4.69, 9.17) is 5.11 Å². The molecule has 2 rings (SSSR count). The van der Waals surface area contributed by atoms with Gasteiger partial charge in [-0.3, -0.25) is 14.4 Å². The molecule has 6 nitrogen and oxygen atoms in total. The lowest BCUT2D eigenvalue weighted by Crippen LogP contribution is -2.47. The highest BCUT2D eigenvalue weighted by molar-refractivity contribution is 5.90. The third kappa shape index (κ3) is 3.00. The third-order valence-corrected chi connectivity index (χ3v) is 3.68. The quantitative estimate of drug-likeness (QED) is 0.662. The molecule has 0 aromatic heterocycles. The summed E-state index contributed by atoms with van der Waals surface area (Å²) in [7, 11) is 0. The molecule has 2 amide bonds. The normalized spacial score (nSPS) is 31.8. The van der Waals surface area contributed by atoms with Crippen LogP contribution in [0.2, 0.25) is 0 Å². The number of aliphatic carboxylic acids is 1. The highest BCUT2D eigenvalue weighted by Gasteiger charge is 2.31. The van der Waals surface area contributed by atoms with E-state index < -0.39 is 12.0 Å². The van der Waals surface area contributed by atoms with Crippen molar-refractivity contribution < 1.29 is 19.5 Å². The van der Waals surface area contributed by atoms with Crippen molar-refractivity contribution in [3.05, 3.63) is 0 Å². The lowest BCUT2D eigenvalue weighted by Gasteiger charge is -2.28. The number of carbonyl (C=O) groups is 3. The molecule has 1 heterocycles. The second-order valence-corrected chi connectivity index (χ2v) is 5.07. The summed E-state index contributed by atoms with van der Waals surface area (Å²) in [6.45, 7) is 0. The van der Waals surface area contributed by atoms with Crippen LogP contribution in [0.25, 0.3) is 0 Å². The maximum absolute atomic E-state index is 11.9. The molecular weight excluding hydrogens is 236 g/mol. The molecule has 1 aliphatic heterocycles. The van der Waals surface area contributed by atoms with Gasteiger partial charge in [-0.15, -0.1) is 0 Å². The van der Waals surface area contributed by atoms with Gasteiger partial charge in [0.1, 0.15) is 6.04 Å². The number of hydrogen-bond donors (Lipinski definition) is 3. The summed E-state index contributed by atoms with van der Waals surface area (Å²) in [5.74, 6) is -1.43. The maximum Gasteiger partial charge on any atom is 0.306 e. The number of amides is 2. The number of rotatable bonds is 3. The third-order valence-electron chi connectivity index (χ3n) is 3.68. The fourth-order valence-electron chi connectivity index (χ4n) is 2.66. The Hall–Kier alpha value is -1.59. The molecule has 2 fully saturated rings. The predicted molar refractivity (Wildman–Crippen MR) is 62.7 cm³/mol. The minimum Gasteiger partial charge on any atom is -0.481 e. The first-order chi connectivity index (χ1) is 8.56. The van der Waals surface area contributed by atoms with Crippen LogP contribution in [0.5, 0.6) is 0 Å². The summed E-state index contributed by atoms with van der Waals surface area (Å²) in [5, 5.41) is 14.4. The molecule has 100 valence electrons. The Kier molecular flexibility index (Phi) is 3.84. The monoisotopic (exact) mass is 254 g/mol. The van der Waals surface area contributed by atoms with Gasteiger partial charge in [-0.05, 0) is 25.7 Å². The van der Waals surface area contributed by atoms with E-state index in [2.05, 4.69) is 10.6 Å². The Morgan fingerprint density at radius 1 is 1.28 bits per heavy atom. The molecule has 3 N–H and O–H groups in total. The fourth-order valence-corrected chi connectivity index (χ4v) is 2.66. The second kappa shape index (κ2) is 5.37. The molecule has 3 atom stereocenters. The van der Waals surface area contributed by atoms with E-state index >= 15 is 0 Å². The van der Waals surface area contributed by atoms with Crippen LogP contribution in [0.1, 0.15) is 38.5 Å². The molecule has 6 heteroatoms. The number of nitrogens with one attached hydrogen (secondary N) is 2. The van der Waals surface area contributed by atoms with Gasteiger partial charge in [0.05, 0.1) is 5.92 Å². The summed E-state index contributed by atoms with van der Waals surface area (Å²) >= 11 is 0. The van der Waals surface area contributed by atoms with Crippen LogP contribution in [0.3, 0.4) is 0 Å². The Morgan fingerprint density at radius 3 is 2.67 bits per heavy atom. The summed E-state index contributed by atoms with van der Waals surface area (Å²) < 4.78 is 0. The molecule has 2 unspecified atom stereocenters. The zero-order valence-electron chi connectivity index (χ0n) is 10.1. The van der Waals surface area contributed by atoms with Crippen molar-refractivity contribution in [2.45, 2.75) is 50.6 Å². The molecule has 0 bridgehead atoms. The van der Waals surface area contributed by atoms with Gasteiger partial charge in [0.15, 0.2) is 0 Å². The van der Waals surface area contributed by atoms with Crippen molar-refractivity contribution in [1.82, 2.24) is 10.6 Å². The van der Waals surface area contributed by atoms with Crippen molar-refractivity contribution in [3.63, 3.8) is 0 Å². The van der Waals surface area contributed by atoms with Gasteiger partial charge in [0.2, 0.25) is 11.8 Å². The SMILES string of the molecule is O=C1CC[C@H](C(=O)NC2CCCC(C(=O)O)C2)N1. The smallest absolute Gasteiger partial charge is 0.306 e. The molecule has 18 heavy (non-hydrogen) atoms. The zero-order valence-corrected chi connectivity index (χ0v) is 10.1. The summed E-state index contributed by atoms with van der Waals surface area (Å²) in [4.78, 5) is 33.8. The van der Waals surface area contributed by atoms with E-state index in [-0.39, 0.29) is 23.8 Å². The minimum absolute atomic E-state index is 0.0788. The van der Waals surface area contributed by atoms with Gasteiger partial charge in [0.25, 0.3) is 0 Å². The van der Waals surface area contributed by atoms with Gasteiger partial charge < -0.3 is 15.7 Å². The molecule has 2 aliphatic rings. The Bertz CT molecular complexity index is 369. The van der Waals surface area contributed by atoms with Crippen LogP contribution in [0, 0.1) is 5.92 Å². The zero-order chi connectivity index (χ0) is 13.1. The first kappa shape index (κ1) is 12.9. The van der Waals surface area contributed by atoms with Crippen LogP contribution in [0.4, 0.5) is 0 Å². The molecule has 0 aromatic rings. The van der Waals surface area contributed by atoms with Crippen LogP contribution < -0.4 is 10.6 Å². The van der Waals surface area contributed by atoms with Crippen LogP contribution in [0.15, 0.2) is 0 Å². The largest absolute Gasteiger partial charge is 0.481 e. The van der Waals surface area contributed by atoms with Gasteiger partial charge in [0, 0.05) is 12.5 Å². The number of carboxylic acid groups (broad SMARTS) is 1. The van der Waals surface area contributed by atoms with Crippen molar-refractivity contribution in [3.8, 4) is 0 Å². The Labute approximate surface area is 105 Å². The molecule has 0 spiro atoms. The summed E-state index contributed by atoms with van der Waals surface area (Å²) in [6, 6.07) is -0.521. The van der Waals surface area contributed by atoms with Gasteiger partial charge >= 0.3 is 5.97 Å². The molecular formula is C12H18N2O4. The van der Waals surface area contributed by atoms with Crippen LogP contribution in [-0.2, 0) is 14.4 Å². The Balaban J connectivity index is 1.83.